The van der Waals surface area contributed by atoms with Crippen LogP contribution in [0.5, 0.6) is 0 Å². The van der Waals surface area contributed by atoms with Crippen LogP contribution >= 0.6 is 11.6 Å². The molecule has 1 aromatic carbocycles. The third kappa shape index (κ3) is 4.09. The van der Waals surface area contributed by atoms with Gasteiger partial charge in [-0.05, 0) is 51.1 Å². The minimum absolute atomic E-state index is 0.00613. The highest BCUT2D eigenvalue weighted by atomic mass is 35.5. The first-order valence-electron chi connectivity index (χ1n) is 6.63. The van der Waals surface area contributed by atoms with Gasteiger partial charge in [0.15, 0.2) is 0 Å². The summed E-state index contributed by atoms with van der Waals surface area (Å²) in [5.41, 5.74) is 0.757. The molecule has 0 spiro atoms. The molecule has 21 heavy (non-hydrogen) atoms. The second-order valence-corrected chi connectivity index (χ2v) is 6.28. The highest BCUT2D eigenvalue weighted by molar-refractivity contribution is 6.33. The van der Waals surface area contributed by atoms with E-state index < -0.39 is 5.97 Å². The molecule has 0 saturated carbocycles. The van der Waals surface area contributed by atoms with Crippen LogP contribution in [0.1, 0.15) is 36.9 Å². The Kier molecular flexibility index (Phi) is 4.40. The molecular weight excluding hydrogens is 290 g/mol. The van der Waals surface area contributed by atoms with E-state index in [1.807, 2.05) is 6.07 Å². The monoisotopic (exact) mass is 307 g/mol. The Balaban J connectivity index is 2.25. The molecule has 5 heteroatoms. The molecule has 0 amide bonds. The molecule has 0 fully saturated rings. The van der Waals surface area contributed by atoms with Crippen molar-refractivity contribution in [3.8, 4) is 11.3 Å². The highest BCUT2D eigenvalue weighted by Gasteiger charge is 2.14. The first-order chi connectivity index (χ1) is 9.76. The third-order valence-electron chi connectivity index (χ3n) is 2.93. The Morgan fingerprint density at radius 1 is 1.29 bits per heavy atom. The van der Waals surface area contributed by atoms with Crippen LogP contribution in [0.3, 0.4) is 0 Å². The normalized spacial score (nSPS) is 11.6. The molecule has 2 rings (SSSR count). The van der Waals surface area contributed by atoms with Crippen molar-refractivity contribution in [3.05, 3.63) is 46.7 Å². The summed E-state index contributed by atoms with van der Waals surface area (Å²) in [4.78, 5) is 11.0. The van der Waals surface area contributed by atoms with Crippen molar-refractivity contribution in [2.75, 3.05) is 0 Å². The van der Waals surface area contributed by atoms with Gasteiger partial charge in [0, 0.05) is 11.1 Å². The molecule has 0 radical (unpaired) electrons. The third-order valence-corrected chi connectivity index (χ3v) is 3.26. The van der Waals surface area contributed by atoms with Gasteiger partial charge in [-0.15, -0.1) is 0 Å². The molecule has 2 N–H and O–H groups in total. The lowest BCUT2D eigenvalue weighted by atomic mass is 10.1. The van der Waals surface area contributed by atoms with Crippen LogP contribution < -0.4 is 5.32 Å². The van der Waals surface area contributed by atoms with Gasteiger partial charge in [0.2, 0.25) is 0 Å². The maximum Gasteiger partial charge on any atom is 0.335 e. The second kappa shape index (κ2) is 5.92. The van der Waals surface area contributed by atoms with E-state index in [0.717, 1.165) is 5.76 Å². The van der Waals surface area contributed by atoms with Gasteiger partial charge >= 0.3 is 5.97 Å². The zero-order chi connectivity index (χ0) is 15.6. The minimum atomic E-state index is -0.992. The molecular formula is C16H18ClNO3. The fourth-order valence-electron chi connectivity index (χ4n) is 1.82. The molecule has 1 heterocycles. The summed E-state index contributed by atoms with van der Waals surface area (Å²) in [7, 11) is 0. The van der Waals surface area contributed by atoms with Crippen molar-refractivity contribution in [1.29, 1.82) is 0 Å². The predicted molar refractivity (Wildman–Crippen MR) is 82.7 cm³/mol. The maximum atomic E-state index is 11.0. The Labute approximate surface area is 128 Å². The summed E-state index contributed by atoms with van der Waals surface area (Å²) >= 11 is 6.13. The summed E-state index contributed by atoms with van der Waals surface area (Å²) in [6.07, 6.45) is 0. The Hall–Kier alpha value is -1.78. The molecule has 0 unspecified atom stereocenters. The average Bonchev–Trinajstić information content (AvgIpc) is 2.84. The number of carbonyl (C=O) groups is 1. The van der Waals surface area contributed by atoms with Crippen LogP contribution in [0.15, 0.2) is 34.7 Å². The van der Waals surface area contributed by atoms with Crippen LogP contribution in [0.2, 0.25) is 5.02 Å². The van der Waals surface area contributed by atoms with Crippen molar-refractivity contribution in [3.63, 3.8) is 0 Å². The number of carboxylic acid groups (broad SMARTS) is 1. The quantitative estimate of drug-likeness (QED) is 0.889. The van der Waals surface area contributed by atoms with Crippen molar-refractivity contribution >= 4 is 17.6 Å². The number of aromatic carboxylic acids is 1. The molecule has 1 aromatic heterocycles. The fourth-order valence-corrected chi connectivity index (χ4v) is 2.03. The average molecular weight is 308 g/mol. The lowest BCUT2D eigenvalue weighted by molar-refractivity contribution is 0.0697. The molecule has 0 saturated heterocycles. The molecule has 0 aliphatic carbocycles. The Morgan fingerprint density at radius 2 is 2.00 bits per heavy atom. The Morgan fingerprint density at radius 3 is 2.62 bits per heavy atom. The van der Waals surface area contributed by atoms with Gasteiger partial charge in [-0.25, -0.2) is 4.79 Å². The van der Waals surface area contributed by atoms with E-state index in [-0.39, 0.29) is 11.1 Å². The number of furan rings is 1. The predicted octanol–water partition coefficient (Wildman–Crippen LogP) is 4.19. The van der Waals surface area contributed by atoms with E-state index in [4.69, 9.17) is 21.1 Å². The number of halogens is 1. The van der Waals surface area contributed by atoms with E-state index in [2.05, 4.69) is 26.1 Å². The van der Waals surface area contributed by atoms with Crippen molar-refractivity contribution < 1.29 is 14.3 Å². The van der Waals surface area contributed by atoms with Crippen LogP contribution in [0.4, 0.5) is 0 Å². The zero-order valence-electron chi connectivity index (χ0n) is 12.2. The fraction of sp³-hybridized carbons (Fsp3) is 0.312. The van der Waals surface area contributed by atoms with Crippen LogP contribution in [0, 0.1) is 0 Å². The van der Waals surface area contributed by atoms with Crippen molar-refractivity contribution in [2.45, 2.75) is 32.9 Å². The van der Waals surface area contributed by atoms with Crippen LogP contribution in [-0.4, -0.2) is 16.6 Å². The van der Waals surface area contributed by atoms with Gasteiger partial charge in [0.25, 0.3) is 0 Å². The Bertz CT molecular complexity index is 656. The number of rotatable bonds is 4. The van der Waals surface area contributed by atoms with E-state index in [1.54, 1.807) is 12.1 Å². The summed E-state index contributed by atoms with van der Waals surface area (Å²) in [6, 6.07) is 8.21. The second-order valence-electron chi connectivity index (χ2n) is 5.87. The summed E-state index contributed by atoms with van der Waals surface area (Å²) in [6.45, 7) is 6.82. The van der Waals surface area contributed by atoms with Gasteiger partial charge in [0.1, 0.15) is 11.5 Å². The van der Waals surface area contributed by atoms with Crippen molar-refractivity contribution in [1.82, 2.24) is 5.32 Å². The van der Waals surface area contributed by atoms with Crippen LogP contribution in [-0.2, 0) is 6.54 Å². The topological polar surface area (TPSA) is 62.5 Å². The molecule has 112 valence electrons. The van der Waals surface area contributed by atoms with Gasteiger partial charge in [-0.2, -0.15) is 0 Å². The molecule has 0 atom stereocenters. The summed E-state index contributed by atoms with van der Waals surface area (Å²) in [5.74, 6) is 0.347. The molecule has 0 aliphatic heterocycles. The van der Waals surface area contributed by atoms with Gasteiger partial charge in [0.05, 0.1) is 17.1 Å². The SMILES string of the molecule is CC(C)(C)NCc1ccc(-c2cc(C(=O)O)ccc2Cl)o1. The number of benzene rings is 1. The van der Waals surface area contributed by atoms with Gasteiger partial charge < -0.3 is 14.8 Å². The largest absolute Gasteiger partial charge is 0.478 e. The van der Waals surface area contributed by atoms with E-state index in [0.29, 0.717) is 22.9 Å². The number of carboxylic acids is 1. The molecule has 0 aliphatic rings. The molecule has 4 nitrogen and oxygen atoms in total. The maximum absolute atomic E-state index is 11.0. The van der Waals surface area contributed by atoms with Crippen molar-refractivity contribution in [2.24, 2.45) is 0 Å². The molecule has 2 aromatic rings. The lowest BCUT2D eigenvalue weighted by Crippen LogP contribution is -2.34. The standard InChI is InChI=1S/C16H18ClNO3/c1-16(2,3)18-9-11-5-7-14(21-11)12-8-10(15(19)20)4-6-13(12)17/h4-8,18H,9H2,1-3H3,(H,19,20). The first kappa shape index (κ1) is 15.6. The summed E-state index contributed by atoms with van der Waals surface area (Å²) in [5, 5.41) is 12.8. The smallest absolute Gasteiger partial charge is 0.335 e. The van der Waals surface area contributed by atoms with Gasteiger partial charge in [-0.3, -0.25) is 0 Å². The number of hydrogen-bond donors (Lipinski definition) is 2. The van der Waals surface area contributed by atoms with Crippen LogP contribution in [0.25, 0.3) is 11.3 Å². The van der Waals surface area contributed by atoms with E-state index in [1.165, 1.54) is 12.1 Å². The number of hydrogen-bond acceptors (Lipinski definition) is 3. The lowest BCUT2D eigenvalue weighted by Gasteiger charge is -2.19. The zero-order valence-corrected chi connectivity index (χ0v) is 13.0. The molecule has 0 bridgehead atoms. The van der Waals surface area contributed by atoms with Gasteiger partial charge in [-0.1, -0.05) is 11.6 Å². The van der Waals surface area contributed by atoms with E-state index >= 15 is 0 Å². The van der Waals surface area contributed by atoms with E-state index in [9.17, 15) is 4.79 Å². The summed E-state index contributed by atoms with van der Waals surface area (Å²) < 4.78 is 5.74. The highest BCUT2D eigenvalue weighted by Crippen LogP contribution is 2.30. The number of nitrogens with one attached hydrogen (secondary N) is 1. The first-order valence-corrected chi connectivity index (χ1v) is 7.01. The minimum Gasteiger partial charge on any atom is -0.478 e.